The van der Waals surface area contributed by atoms with Crippen molar-refractivity contribution < 1.29 is 42.5 Å². The summed E-state index contributed by atoms with van der Waals surface area (Å²) in [5, 5.41) is 10.0. The Morgan fingerprint density at radius 1 is 1.30 bits per heavy atom. The van der Waals surface area contributed by atoms with Crippen molar-refractivity contribution in [3.8, 4) is 0 Å². The molecule has 6 unspecified atom stereocenters. The molecule has 3 aliphatic rings. The Morgan fingerprint density at radius 3 is 2.61 bits per heavy atom. The minimum atomic E-state index is -3.61. The van der Waals surface area contributed by atoms with E-state index in [0.717, 1.165) is 0 Å². The van der Waals surface area contributed by atoms with Gasteiger partial charge in [-0.3, -0.25) is 9.59 Å². The van der Waals surface area contributed by atoms with Crippen LogP contribution in [0.15, 0.2) is 0 Å². The van der Waals surface area contributed by atoms with Crippen molar-refractivity contribution in [3.05, 3.63) is 0 Å². The molecule has 0 radical (unpaired) electrons. The minimum Gasteiger partial charge on any atom is -0.462 e. The number of halogens is 2. The lowest BCUT2D eigenvalue weighted by molar-refractivity contribution is -0.173. The van der Waals surface area contributed by atoms with Crippen molar-refractivity contribution >= 4 is 17.9 Å². The van der Waals surface area contributed by atoms with E-state index < -0.39 is 67.0 Å². The molecule has 23 heavy (non-hydrogen) atoms. The largest absolute Gasteiger partial charge is 0.462 e. The Morgan fingerprint density at radius 2 is 1.96 bits per heavy atom. The van der Waals surface area contributed by atoms with Crippen molar-refractivity contribution in [2.24, 2.45) is 23.7 Å². The highest BCUT2D eigenvalue weighted by Gasteiger charge is 2.68. The lowest BCUT2D eigenvalue weighted by atomic mass is 9.78. The van der Waals surface area contributed by atoms with Gasteiger partial charge in [-0.05, 0) is 6.42 Å². The second-order valence-corrected chi connectivity index (χ2v) is 6.20. The zero-order valence-electron chi connectivity index (χ0n) is 12.2. The Bertz CT molecular complexity index is 544. The third-order valence-electron chi connectivity index (χ3n) is 4.77. The monoisotopic (exact) mass is 334 g/mol. The second-order valence-electron chi connectivity index (χ2n) is 6.20. The molecule has 3 fully saturated rings. The molecule has 1 heterocycles. The van der Waals surface area contributed by atoms with E-state index in [2.05, 4.69) is 4.74 Å². The smallest absolute Gasteiger partial charge is 0.376 e. The Kier molecular flexibility index (Phi) is 3.78. The van der Waals surface area contributed by atoms with E-state index in [9.17, 15) is 28.3 Å². The number of hydrogen-bond acceptors (Lipinski definition) is 7. The Hall–Kier alpha value is -1.77. The zero-order chi connectivity index (χ0) is 16.9. The van der Waals surface area contributed by atoms with Crippen molar-refractivity contribution in [1.29, 1.82) is 0 Å². The van der Waals surface area contributed by atoms with Crippen LogP contribution >= 0.6 is 0 Å². The molecule has 1 aliphatic heterocycles. The predicted octanol–water partition coefficient (Wildman–Crippen LogP) is -0.104. The molecular formula is C14H16F2O7. The zero-order valence-corrected chi connectivity index (χ0v) is 12.2. The molecule has 0 amide bonds. The van der Waals surface area contributed by atoms with Gasteiger partial charge in [0.2, 0.25) is 0 Å². The highest BCUT2D eigenvalue weighted by atomic mass is 19.3. The van der Waals surface area contributed by atoms with Crippen molar-refractivity contribution in [1.82, 2.24) is 0 Å². The van der Waals surface area contributed by atoms with Gasteiger partial charge >= 0.3 is 23.8 Å². The molecule has 128 valence electrons. The molecule has 3 rings (SSSR count). The number of ether oxygens (including phenoxy) is 3. The molecule has 0 aromatic heterocycles. The van der Waals surface area contributed by atoms with Gasteiger partial charge in [0.05, 0.1) is 17.9 Å². The lowest BCUT2D eigenvalue weighted by Crippen LogP contribution is -2.41. The first-order valence-electron chi connectivity index (χ1n) is 7.32. The summed E-state index contributed by atoms with van der Waals surface area (Å²) in [5.74, 6) is -8.55. The standard InChI is InChI=1S/C14H16F2O7/c1-14(15,16)13(20)22-3-2-21-11(18)7-5-4-6-8(7)12(19)23-10(6)9(5)17/h5-10,17H,2-4H2,1H3. The van der Waals surface area contributed by atoms with Crippen LogP contribution in [0.4, 0.5) is 8.78 Å². The van der Waals surface area contributed by atoms with Gasteiger partial charge in [0.1, 0.15) is 19.3 Å². The van der Waals surface area contributed by atoms with Crippen LogP contribution in [0.1, 0.15) is 13.3 Å². The number of carbonyl (C=O) groups is 3. The number of rotatable bonds is 5. The number of fused-ring (bicyclic) bond motifs is 1. The molecule has 9 heteroatoms. The fourth-order valence-electron chi connectivity index (χ4n) is 3.84. The Labute approximate surface area is 129 Å². The molecule has 6 atom stereocenters. The van der Waals surface area contributed by atoms with E-state index in [-0.39, 0.29) is 5.92 Å². The van der Waals surface area contributed by atoms with Crippen molar-refractivity contribution in [3.63, 3.8) is 0 Å². The van der Waals surface area contributed by atoms with E-state index in [0.29, 0.717) is 13.3 Å². The average Bonchev–Trinajstić information content (AvgIpc) is 3.06. The molecular weight excluding hydrogens is 318 g/mol. The van der Waals surface area contributed by atoms with Gasteiger partial charge in [0, 0.05) is 18.8 Å². The van der Waals surface area contributed by atoms with E-state index in [1.807, 2.05) is 0 Å². The highest BCUT2D eigenvalue weighted by molar-refractivity contribution is 5.86. The number of esters is 3. The third kappa shape index (κ3) is 2.56. The van der Waals surface area contributed by atoms with Gasteiger partial charge in [-0.2, -0.15) is 8.78 Å². The summed E-state index contributed by atoms with van der Waals surface area (Å²) >= 11 is 0. The van der Waals surface area contributed by atoms with Gasteiger partial charge in [-0.1, -0.05) is 0 Å². The normalized spacial score (nSPS) is 37.7. The first kappa shape index (κ1) is 16.1. The van der Waals surface area contributed by atoms with Crippen LogP contribution in [-0.2, 0) is 28.6 Å². The summed E-state index contributed by atoms with van der Waals surface area (Å²) in [5.41, 5.74) is 0. The summed E-state index contributed by atoms with van der Waals surface area (Å²) in [6.07, 6.45) is -0.926. The summed E-state index contributed by atoms with van der Waals surface area (Å²) in [6, 6.07) is 0. The topological polar surface area (TPSA) is 99.1 Å². The first-order valence-corrected chi connectivity index (χ1v) is 7.32. The highest BCUT2D eigenvalue weighted by Crippen LogP contribution is 2.57. The number of aliphatic hydroxyl groups is 1. The molecule has 1 saturated heterocycles. The molecule has 7 nitrogen and oxygen atoms in total. The maximum absolute atomic E-state index is 12.6. The minimum absolute atomic E-state index is 0.184. The number of carbonyl (C=O) groups excluding carboxylic acids is 3. The van der Waals surface area contributed by atoms with Crippen LogP contribution in [-0.4, -0.2) is 54.4 Å². The van der Waals surface area contributed by atoms with Crippen LogP contribution in [0.3, 0.4) is 0 Å². The number of hydrogen-bond donors (Lipinski definition) is 1. The third-order valence-corrected chi connectivity index (χ3v) is 4.77. The summed E-state index contributed by atoms with van der Waals surface area (Å²) in [7, 11) is 0. The molecule has 2 saturated carbocycles. The quantitative estimate of drug-likeness (QED) is 0.426. The van der Waals surface area contributed by atoms with Gasteiger partial charge in [-0.25, -0.2) is 4.79 Å². The van der Waals surface area contributed by atoms with E-state index in [4.69, 9.17) is 9.47 Å². The van der Waals surface area contributed by atoms with Crippen LogP contribution in [0, 0.1) is 23.7 Å². The van der Waals surface area contributed by atoms with E-state index >= 15 is 0 Å². The molecule has 2 bridgehead atoms. The molecule has 0 aromatic carbocycles. The molecule has 0 aromatic rings. The molecule has 2 aliphatic carbocycles. The molecule has 0 spiro atoms. The lowest BCUT2D eigenvalue weighted by Gasteiger charge is -2.26. The summed E-state index contributed by atoms with van der Waals surface area (Å²) in [4.78, 5) is 34.8. The fraction of sp³-hybridized carbons (Fsp3) is 0.786. The van der Waals surface area contributed by atoms with Gasteiger partial charge in [-0.15, -0.1) is 0 Å². The first-order chi connectivity index (χ1) is 10.7. The average molecular weight is 334 g/mol. The van der Waals surface area contributed by atoms with Gasteiger partial charge < -0.3 is 19.3 Å². The fourth-order valence-corrected chi connectivity index (χ4v) is 3.84. The predicted molar refractivity (Wildman–Crippen MR) is 67.0 cm³/mol. The van der Waals surface area contributed by atoms with E-state index in [1.165, 1.54) is 0 Å². The van der Waals surface area contributed by atoms with Crippen LogP contribution in [0.25, 0.3) is 0 Å². The van der Waals surface area contributed by atoms with Crippen LogP contribution in [0.2, 0.25) is 0 Å². The maximum Gasteiger partial charge on any atom is 0.376 e. The summed E-state index contributed by atoms with van der Waals surface area (Å²) in [6.45, 7) is -0.495. The van der Waals surface area contributed by atoms with Gasteiger partial charge in [0.15, 0.2) is 0 Å². The maximum atomic E-state index is 12.6. The van der Waals surface area contributed by atoms with Crippen LogP contribution < -0.4 is 0 Å². The second kappa shape index (κ2) is 5.40. The number of alkyl halides is 2. The SMILES string of the molecule is CC(F)(F)C(=O)OCCOC(=O)C1C2CC3C(OC(=O)C31)C2O. The molecule has 1 N–H and O–H groups in total. The summed E-state index contributed by atoms with van der Waals surface area (Å²) < 4.78 is 39.4. The van der Waals surface area contributed by atoms with Crippen molar-refractivity contribution in [2.75, 3.05) is 13.2 Å². The Balaban J connectivity index is 1.52. The van der Waals surface area contributed by atoms with E-state index in [1.54, 1.807) is 0 Å². The van der Waals surface area contributed by atoms with Gasteiger partial charge in [0.25, 0.3) is 0 Å². The van der Waals surface area contributed by atoms with Crippen molar-refractivity contribution in [2.45, 2.75) is 31.5 Å². The van der Waals surface area contributed by atoms with Crippen LogP contribution in [0.5, 0.6) is 0 Å². The number of aliphatic hydroxyl groups excluding tert-OH is 1.